The minimum Gasteiger partial charge on any atom is -0.353 e. The zero-order valence-corrected chi connectivity index (χ0v) is 15.1. The Labute approximate surface area is 153 Å². The Balaban J connectivity index is 1.48. The fourth-order valence-electron chi connectivity index (χ4n) is 3.59. The maximum atomic E-state index is 9.21. The number of hydrogen-bond donors (Lipinski definition) is 2. The second kappa shape index (κ2) is 6.54. The van der Waals surface area contributed by atoms with Crippen LogP contribution in [0.4, 0.5) is 17.5 Å². The quantitative estimate of drug-likeness (QED) is 0.875. The normalized spacial score (nSPS) is 22.1. The van der Waals surface area contributed by atoms with Crippen LogP contribution in [0.15, 0.2) is 30.6 Å². The highest BCUT2D eigenvalue weighted by Crippen LogP contribution is 2.25. The first-order chi connectivity index (χ1) is 12.5. The Morgan fingerprint density at radius 1 is 1.19 bits per heavy atom. The number of aromatic nitrogens is 3. The minimum absolute atomic E-state index is 0.558. The molecule has 134 valence electrons. The lowest BCUT2D eigenvalue weighted by molar-refractivity contribution is 0.463. The molecule has 2 fully saturated rings. The van der Waals surface area contributed by atoms with Crippen LogP contribution in [0.3, 0.4) is 0 Å². The average molecular weight is 349 g/mol. The summed E-state index contributed by atoms with van der Waals surface area (Å²) >= 11 is 0. The van der Waals surface area contributed by atoms with Gasteiger partial charge in [-0.3, -0.25) is 4.98 Å². The van der Waals surface area contributed by atoms with Crippen molar-refractivity contribution in [2.24, 2.45) is 0 Å². The molecule has 0 unspecified atom stereocenters. The smallest absolute Gasteiger partial charge is 0.229 e. The third-order valence-corrected chi connectivity index (χ3v) is 5.12. The summed E-state index contributed by atoms with van der Waals surface area (Å²) in [6.45, 7) is 5.70. The highest BCUT2D eigenvalue weighted by Gasteiger charge is 2.32. The van der Waals surface area contributed by atoms with Crippen molar-refractivity contribution < 1.29 is 0 Å². The highest BCUT2D eigenvalue weighted by molar-refractivity contribution is 5.54. The Bertz CT molecular complexity index is 813. The molecule has 0 radical (unpaired) electrons. The van der Waals surface area contributed by atoms with Crippen LogP contribution in [-0.2, 0) is 5.41 Å². The van der Waals surface area contributed by atoms with Crippen molar-refractivity contribution in [2.45, 2.75) is 44.2 Å². The molecule has 0 spiro atoms. The van der Waals surface area contributed by atoms with E-state index in [2.05, 4.69) is 36.6 Å². The van der Waals surface area contributed by atoms with Gasteiger partial charge in [-0.2, -0.15) is 10.2 Å². The zero-order chi connectivity index (χ0) is 18.1. The SMILES string of the molecule is CC(C)(C#N)c1ccc(Nc2nccc(N3C[C@H]4CC[C@@H](C3)N4)n2)cn1. The van der Waals surface area contributed by atoms with Gasteiger partial charge in [0.1, 0.15) is 5.82 Å². The van der Waals surface area contributed by atoms with Crippen LogP contribution in [-0.4, -0.2) is 40.1 Å². The number of nitrogens with one attached hydrogen (secondary N) is 2. The van der Waals surface area contributed by atoms with Crippen LogP contribution in [0.25, 0.3) is 0 Å². The molecule has 4 rings (SSSR count). The molecule has 7 nitrogen and oxygen atoms in total. The predicted molar refractivity (Wildman–Crippen MR) is 100 cm³/mol. The molecule has 2 aliphatic heterocycles. The number of nitrogens with zero attached hydrogens (tertiary/aromatic N) is 5. The summed E-state index contributed by atoms with van der Waals surface area (Å²) in [5, 5.41) is 16.1. The summed E-state index contributed by atoms with van der Waals surface area (Å²) in [4.78, 5) is 15.7. The number of hydrogen-bond acceptors (Lipinski definition) is 7. The molecule has 0 aliphatic carbocycles. The lowest BCUT2D eigenvalue weighted by Crippen LogP contribution is -2.51. The molecule has 2 N–H and O–H groups in total. The molecule has 2 aromatic heterocycles. The molecule has 0 amide bonds. The number of pyridine rings is 1. The molecule has 2 bridgehead atoms. The van der Waals surface area contributed by atoms with Crippen molar-refractivity contribution in [3.63, 3.8) is 0 Å². The van der Waals surface area contributed by atoms with Crippen LogP contribution in [0.5, 0.6) is 0 Å². The zero-order valence-electron chi connectivity index (χ0n) is 15.1. The lowest BCUT2D eigenvalue weighted by Gasteiger charge is -2.33. The monoisotopic (exact) mass is 349 g/mol. The molecule has 7 heteroatoms. The van der Waals surface area contributed by atoms with Gasteiger partial charge in [0.15, 0.2) is 0 Å². The van der Waals surface area contributed by atoms with E-state index in [0.717, 1.165) is 30.3 Å². The van der Waals surface area contributed by atoms with E-state index in [-0.39, 0.29) is 0 Å². The average Bonchev–Trinajstić information content (AvgIpc) is 3.00. The van der Waals surface area contributed by atoms with Gasteiger partial charge < -0.3 is 15.5 Å². The minimum atomic E-state index is -0.601. The molecule has 26 heavy (non-hydrogen) atoms. The van der Waals surface area contributed by atoms with Gasteiger partial charge in [0.2, 0.25) is 5.95 Å². The van der Waals surface area contributed by atoms with E-state index in [1.807, 2.05) is 32.0 Å². The first kappa shape index (κ1) is 16.7. The van der Waals surface area contributed by atoms with Crippen LogP contribution in [0.1, 0.15) is 32.4 Å². The van der Waals surface area contributed by atoms with E-state index < -0.39 is 5.41 Å². The molecule has 2 atom stereocenters. The van der Waals surface area contributed by atoms with E-state index in [1.54, 1.807) is 12.4 Å². The summed E-state index contributed by atoms with van der Waals surface area (Å²) < 4.78 is 0. The fourth-order valence-corrected chi connectivity index (χ4v) is 3.59. The van der Waals surface area contributed by atoms with E-state index in [9.17, 15) is 5.26 Å². The highest BCUT2D eigenvalue weighted by atomic mass is 15.3. The van der Waals surface area contributed by atoms with Crippen LogP contribution < -0.4 is 15.5 Å². The maximum Gasteiger partial charge on any atom is 0.229 e. The molecule has 4 heterocycles. The number of rotatable bonds is 4. The second-order valence-electron chi connectivity index (χ2n) is 7.58. The fraction of sp³-hybridized carbons (Fsp3) is 0.474. The van der Waals surface area contributed by atoms with Crippen LogP contribution in [0, 0.1) is 11.3 Å². The van der Waals surface area contributed by atoms with Crippen molar-refractivity contribution in [1.29, 1.82) is 5.26 Å². The van der Waals surface area contributed by atoms with Crippen molar-refractivity contribution >= 4 is 17.5 Å². The van der Waals surface area contributed by atoms with Gasteiger partial charge in [-0.1, -0.05) is 0 Å². The van der Waals surface area contributed by atoms with Gasteiger partial charge in [-0.05, 0) is 44.9 Å². The van der Waals surface area contributed by atoms with Crippen LogP contribution in [0.2, 0.25) is 0 Å². The van der Waals surface area contributed by atoms with Crippen molar-refractivity contribution in [2.75, 3.05) is 23.3 Å². The molecule has 0 saturated carbocycles. The maximum absolute atomic E-state index is 9.21. The lowest BCUT2D eigenvalue weighted by atomic mass is 9.91. The van der Waals surface area contributed by atoms with Gasteiger partial charge in [0, 0.05) is 31.4 Å². The van der Waals surface area contributed by atoms with Crippen LogP contribution >= 0.6 is 0 Å². The number of nitriles is 1. The van der Waals surface area contributed by atoms with E-state index in [1.165, 1.54) is 12.8 Å². The Morgan fingerprint density at radius 2 is 1.96 bits per heavy atom. The van der Waals surface area contributed by atoms with Crippen molar-refractivity contribution in [3.8, 4) is 6.07 Å². The van der Waals surface area contributed by atoms with Gasteiger partial charge in [0.25, 0.3) is 0 Å². The molecule has 2 saturated heterocycles. The van der Waals surface area contributed by atoms with Crippen molar-refractivity contribution in [3.05, 3.63) is 36.3 Å². The molecule has 0 aromatic carbocycles. The molecular weight excluding hydrogens is 326 g/mol. The Hall–Kier alpha value is -2.72. The van der Waals surface area contributed by atoms with Gasteiger partial charge in [0.05, 0.1) is 29.1 Å². The first-order valence-electron chi connectivity index (χ1n) is 9.02. The first-order valence-corrected chi connectivity index (χ1v) is 9.02. The van der Waals surface area contributed by atoms with E-state index in [4.69, 9.17) is 0 Å². The summed E-state index contributed by atoms with van der Waals surface area (Å²) in [5.41, 5.74) is 0.952. The molecule has 2 aliphatic rings. The Morgan fingerprint density at radius 3 is 2.62 bits per heavy atom. The summed E-state index contributed by atoms with van der Waals surface area (Å²) in [6.07, 6.45) is 5.99. The van der Waals surface area contributed by atoms with Crippen molar-refractivity contribution in [1.82, 2.24) is 20.3 Å². The third-order valence-electron chi connectivity index (χ3n) is 5.12. The summed E-state index contributed by atoms with van der Waals surface area (Å²) in [5.74, 6) is 1.51. The van der Waals surface area contributed by atoms with Gasteiger partial charge >= 0.3 is 0 Å². The number of piperazine rings is 1. The predicted octanol–water partition coefficient (Wildman–Crippen LogP) is 2.36. The number of anilines is 3. The van der Waals surface area contributed by atoms with Gasteiger partial charge in [-0.25, -0.2) is 4.98 Å². The second-order valence-corrected chi connectivity index (χ2v) is 7.58. The number of fused-ring (bicyclic) bond motifs is 2. The van der Waals surface area contributed by atoms with E-state index in [0.29, 0.717) is 18.0 Å². The van der Waals surface area contributed by atoms with Gasteiger partial charge in [-0.15, -0.1) is 0 Å². The third kappa shape index (κ3) is 3.33. The standard InChI is InChI=1S/C19H23N7/c1-19(2,12-20)16-6-5-13(9-22-16)24-18-21-8-7-17(25-18)26-10-14-3-4-15(11-26)23-14/h5-9,14-15,23H,3-4,10-11H2,1-2H3,(H,21,24,25)/t14-,15+. The topological polar surface area (TPSA) is 89.8 Å². The summed E-state index contributed by atoms with van der Waals surface area (Å²) in [6, 6.07) is 9.14. The Kier molecular flexibility index (Phi) is 4.21. The summed E-state index contributed by atoms with van der Waals surface area (Å²) in [7, 11) is 0. The largest absolute Gasteiger partial charge is 0.353 e. The molecule has 2 aromatic rings. The van der Waals surface area contributed by atoms with E-state index >= 15 is 0 Å². The molecular formula is C19H23N7.